The molecule has 0 atom stereocenters. The predicted molar refractivity (Wildman–Crippen MR) is 116 cm³/mol. The van der Waals surface area contributed by atoms with Gasteiger partial charge in [-0.2, -0.15) is 0 Å². The molecule has 5 heteroatoms. The number of hydrogen-bond acceptors (Lipinski definition) is 4. The molecule has 1 saturated heterocycles. The highest BCUT2D eigenvalue weighted by molar-refractivity contribution is 5.99. The molecule has 5 rings (SSSR count). The Morgan fingerprint density at radius 3 is 2.10 bits per heavy atom. The van der Waals surface area contributed by atoms with E-state index in [-0.39, 0.29) is 5.91 Å². The van der Waals surface area contributed by atoms with Crippen molar-refractivity contribution >= 4 is 11.6 Å². The van der Waals surface area contributed by atoms with E-state index in [1.165, 1.54) is 5.56 Å². The zero-order valence-corrected chi connectivity index (χ0v) is 16.7. The van der Waals surface area contributed by atoms with Crippen LogP contribution in [0.1, 0.15) is 22.6 Å². The number of amides is 1. The standard InChI is InChI=1S/C25H24N2O3/c28-25(26-19-11-9-18(10-12-19)17-27-13-15-29-16-14-27)24-20-5-1-3-7-22(20)30-23-8-4-2-6-21(23)24/h1-12,24H,13-17H2,(H,26,28). The molecular weight excluding hydrogens is 376 g/mol. The normalized spacial score (nSPS) is 16.3. The number of benzene rings is 3. The summed E-state index contributed by atoms with van der Waals surface area (Å²) >= 11 is 0. The van der Waals surface area contributed by atoms with E-state index >= 15 is 0 Å². The van der Waals surface area contributed by atoms with Gasteiger partial charge >= 0.3 is 0 Å². The van der Waals surface area contributed by atoms with E-state index in [0.29, 0.717) is 0 Å². The number of nitrogens with zero attached hydrogens (tertiary/aromatic N) is 1. The summed E-state index contributed by atoms with van der Waals surface area (Å²) in [4.78, 5) is 15.7. The summed E-state index contributed by atoms with van der Waals surface area (Å²) in [5.74, 6) is 1.01. The molecule has 3 aromatic carbocycles. The molecule has 0 bridgehead atoms. The van der Waals surface area contributed by atoms with Crippen molar-refractivity contribution < 1.29 is 14.3 Å². The number of carbonyl (C=O) groups is 1. The monoisotopic (exact) mass is 400 g/mol. The van der Waals surface area contributed by atoms with Crippen molar-refractivity contribution in [3.05, 3.63) is 89.5 Å². The first kappa shape index (κ1) is 18.9. The minimum absolute atomic E-state index is 0.0564. The average Bonchev–Trinajstić information content (AvgIpc) is 2.79. The van der Waals surface area contributed by atoms with Crippen molar-refractivity contribution in [2.45, 2.75) is 12.5 Å². The highest BCUT2D eigenvalue weighted by Crippen LogP contribution is 2.44. The zero-order valence-electron chi connectivity index (χ0n) is 16.7. The van der Waals surface area contributed by atoms with Gasteiger partial charge < -0.3 is 14.8 Å². The summed E-state index contributed by atoms with van der Waals surface area (Å²) in [6.07, 6.45) is 0. The van der Waals surface area contributed by atoms with Crippen LogP contribution in [0.2, 0.25) is 0 Å². The molecule has 1 amide bonds. The minimum Gasteiger partial charge on any atom is -0.457 e. The summed E-state index contributed by atoms with van der Waals surface area (Å²) in [7, 11) is 0. The lowest BCUT2D eigenvalue weighted by Crippen LogP contribution is -2.35. The highest BCUT2D eigenvalue weighted by atomic mass is 16.5. The third kappa shape index (κ3) is 3.82. The lowest BCUT2D eigenvalue weighted by molar-refractivity contribution is -0.116. The fraction of sp³-hybridized carbons (Fsp3) is 0.240. The van der Waals surface area contributed by atoms with Gasteiger partial charge in [-0.3, -0.25) is 9.69 Å². The largest absolute Gasteiger partial charge is 0.457 e. The Kier molecular flexibility index (Phi) is 5.22. The second-order valence-electron chi connectivity index (χ2n) is 7.69. The molecule has 30 heavy (non-hydrogen) atoms. The topological polar surface area (TPSA) is 50.8 Å². The molecule has 152 valence electrons. The average molecular weight is 400 g/mol. The highest BCUT2D eigenvalue weighted by Gasteiger charge is 2.32. The Hall–Kier alpha value is -3.15. The maximum atomic E-state index is 13.3. The number of fused-ring (bicyclic) bond motifs is 2. The fourth-order valence-corrected chi connectivity index (χ4v) is 4.12. The first-order valence-corrected chi connectivity index (χ1v) is 10.3. The molecule has 2 aliphatic heterocycles. The van der Waals surface area contributed by atoms with Crippen molar-refractivity contribution in [1.82, 2.24) is 4.90 Å². The fourth-order valence-electron chi connectivity index (χ4n) is 4.12. The van der Waals surface area contributed by atoms with Crippen LogP contribution in [0.5, 0.6) is 11.5 Å². The number of anilines is 1. The van der Waals surface area contributed by atoms with Gasteiger partial charge in [-0.05, 0) is 29.8 Å². The molecule has 5 nitrogen and oxygen atoms in total. The van der Waals surface area contributed by atoms with Gasteiger partial charge in [0.05, 0.1) is 19.1 Å². The second-order valence-corrected chi connectivity index (χ2v) is 7.69. The number of rotatable bonds is 4. The van der Waals surface area contributed by atoms with Crippen LogP contribution in [-0.4, -0.2) is 37.1 Å². The smallest absolute Gasteiger partial charge is 0.236 e. The summed E-state index contributed by atoms with van der Waals surface area (Å²) in [6, 6.07) is 23.6. The van der Waals surface area contributed by atoms with Gasteiger partial charge in [0.1, 0.15) is 11.5 Å². The van der Waals surface area contributed by atoms with E-state index in [4.69, 9.17) is 9.47 Å². The van der Waals surface area contributed by atoms with E-state index < -0.39 is 5.92 Å². The predicted octanol–water partition coefficient (Wildman–Crippen LogP) is 4.40. The van der Waals surface area contributed by atoms with Crippen LogP contribution in [0.25, 0.3) is 0 Å². The SMILES string of the molecule is O=C(Nc1ccc(CN2CCOCC2)cc1)C1c2ccccc2Oc2ccccc21. The van der Waals surface area contributed by atoms with Gasteiger partial charge in [0, 0.05) is 36.4 Å². The molecule has 0 aliphatic carbocycles. The Labute approximate surface area is 176 Å². The summed E-state index contributed by atoms with van der Waals surface area (Å²) in [5.41, 5.74) is 3.80. The van der Waals surface area contributed by atoms with Crippen molar-refractivity contribution in [2.75, 3.05) is 31.6 Å². The molecule has 2 aliphatic rings. The number of carbonyl (C=O) groups excluding carboxylic acids is 1. The van der Waals surface area contributed by atoms with E-state index in [0.717, 1.165) is 61.2 Å². The number of para-hydroxylation sites is 2. The van der Waals surface area contributed by atoms with Gasteiger partial charge in [0.15, 0.2) is 0 Å². The summed E-state index contributed by atoms with van der Waals surface area (Å²) in [5, 5.41) is 3.10. The lowest BCUT2D eigenvalue weighted by atomic mass is 9.87. The van der Waals surface area contributed by atoms with E-state index in [1.807, 2.05) is 60.7 Å². The van der Waals surface area contributed by atoms with Crippen LogP contribution in [0.15, 0.2) is 72.8 Å². The van der Waals surface area contributed by atoms with Crippen LogP contribution in [0.3, 0.4) is 0 Å². The quantitative estimate of drug-likeness (QED) is 0.706. The van der Waals surface area contributed by atoms with Gasteiger partial charge in [0.25, 0.3) is 0 Å². The molecule has 0 unspecified atom stereocenters. The first-order chi connectivity index (χ1) is 14.8. The lowest BCUT2D eigenvalue weighted by Gasteiger charge is -2.27. The minimum atomic E-state index is -0.404. The maximum absolute atomic E-state index is 13.3. The molecule has 3 aromatic rings. The summed E-state index contributed by atoms with van der Waals surface area (Å²) in [6.45, 7) is 4.41. The molecule has 0 aromatic heterocycles. The van der Waals surface area contributed by atoms with E-state index in [1.54, 1.807) is 0 Å². The van der Waals surface area contributed by atoms with Gasteiger partial charge in [-0.1, -0.05) is 48.5 Å². The molecule has 1 fully saturated rings. The number of hydrogen-bond donors (Lipinski definition) is 1. The maximum Gasteiger partial charge on any atom is 0.236 e. The van der Waals surface area contributed by atoms with Crippen LogP contribution in [0.4, 0.5) is 5.69 Å². The van der Waals surface area contributed by atoms with E-state index in [9.17, 15) is 4.79 Å². The van der Waals surface area contributed by atoms with Crippen molar-refractivity contribution in [3.8, 4) is 11.5 Å². The van der Waals surface area contributed by atoms with Gasteiger partial charge in [-0.25, -0.2) is 0 Å². The van der Waals surface area contributed by atoms with Crippen LogP contribution >= 0.6 is 0 Å². The van der Waals surface area contributed by atoms with Crippen LogP contribution in [0, 0.1) is 0 Å². The van der Waals surface area contributed by atoms with Gasteiger partial charge in [-0.15, -0.1) is 0 Å². The number of morpholine rings is 1. The van der Waals surface area contributed by atoms with E-state index in [2.05, 4.69) is 22.3 Å². The Morgan fingerprint density at radius 1 is 0.867 bits per heavy atom. The van der Waals surface area contributed by atoms with Crippen molar-refractivity contribution in [1.29, 1.82) is 0 Å². The Morgan fingerprint density at radius 2 is 1.47 bits per heavy atom. The number of ether oxygens (including phenoxy) is 2. The first-order valence-electron chi connectivity index (χ1n) is 10.3. The van der Waals surface area contributed by atoms with Crippen LogP contribution in [-0.2, 0) is 16.1 Å². The van der Waals surface area contributed by atoms with Crippen molar-refractivity contribution in [3.63, 3.8) is 0 Å². The molecule has 0 spiro atoms. The Balaban J connectivity index is 1.34. The molecule has 0 radical (unpaired) electrons. The summed E-state index contributed by atoms with van der Waals surface area (Å²) < 4.78 is 11.4. The molecule has 1 N–H and O–H groups in total. The third-order valence-corrected chi connectivity index (χ3v) is 5.67. The van der Waals surface area contributed by atoms with Gasteiger partial charge in [0.2, 0.25) is 5.91 Å². The zero-order chi connectivity index (χ0) is 20.3. The Bertz CT molecular complexity index is 997. The molecule has 2 heterocycles. The van der Waals surface area contributed by atoms with Crippen molar-refractivity contribution in [2.24, 2.45) is 0 Å². The third-order valence-electron chi connectivity index (χ3n) is 5.67. The number of nitrogens with one attached hydrogen (secondary N) is 1. The second kappa shape index (κ2) is 8.30. The molecular formula is C25H24N2O3. The van der Waals surface area contributed by atoms with Crippen LogP contribution < -0.4 is 10.1 Å². The molecule has 0 saturated carbocycles.